The maximum Gasteiger partial charge on any atom is 0.416 e. The molecular weight excluding hydrogens is 565 g/mol. The molecule has 3 aromatic heterocycles. The fourth-order valence-corrected chi connectivity index (χ4v) is 4.53. The number of nitrogen functional groups attached to an aromatic ring is 1. The van der Waals surface area contributed by atoms with Crippen LogP contribution < -0.4 is 11.1 Å². The summed E-state index contributed by atoms with van der Waals surface area (Å²) in [5, 5.41) is 7.69. The van der Waals surface area contributed by atoms with Crippen molar-refractivity contribution in [1.29, 1.82) is 0 Å². The van der Waals surface area contributed by atoms with Gasteiger partial charge in [0.1, 0.15) is 29.3 Å². The molecule has 4 heterocycles. The van der Waals surface area contributed by atoms with E-state index in [0.717, 1.165) is 18.3 Å². The number of ether oxygens (including phenoxy) is 1. The average Bonchev–Trinajstić information content (AvgIpc) is 3.59. The van der Waals surface area contributed by atoms with Crippen LogP contribution in [0.25, 0.3) is 22.3 Å². The summed E-state index contributed by atoms with van der Waals surface area (Å²) in [5.74, 6) is -0.633. The predicted molar refractivity (Wildman–Crippen MR) is 155 cm³/mol. The van der Waals surface area contributed by atoms with Gasteiger partial charge in [-0.05, 0) is 51.5 Å². The number of aromatic nitrogens is 5. The van der Waals surface area contributed by atoms with Gasteiger partial charge < -0.3 is 20.7 Å². The molecule has 0 spiro atoms. The molecule has 43 heavy (non-hydrogen) atoms. The summed E-state index contributed by atoms with van der Waals surface area (Å²) >= 11 is 0. The van der Waals surface area contributed by atoms with Gasteiger partial charge in [-0.25, -0.2) is 24.4 Å². The lowest BCUT2D eigenvalue weighted by Gasteiger charge is -2.24. The van der Waals surface area contributed by atoms with Crippen LogP contribution in [-0.4, -0.2) is 60.3 Å². The monoisotopic (exact) mass is 598 g/mol. The second-order valence-electron chi connectivity index (χ2n) is 10.6. The van der Waals surface area contributed by atoms with Crippen LogP contribution >= 0.6 is 0 Å². The molecule has 228 valence electrons. The SMILES string of the molecule is CC.CC(C)(C)OC(=O)N1CCC(n2nc(-c3ccc(C(=O)Nc4cc(C(F)(F)F)ccn4)cc3)c3c(N)ncnc32)C1. The highest BCUT2D eigenvalue weighted by atomic mass is 19.4. The average molecular weight is 599 g/mol. The van der Waals surface area contributed by atoms with Crippen molar-refractivity contribution in [3.05, 3.63) is 60.0 Å². The third-order valence-electron chi connectivity index (χ3n) is 6.43. The van der Waals surface area contributed by atoms with Crippen LogP contribution in [0.2, 0.25) is 0 Å². The first-order valence-electron chi connectivity index (χ1n) is 13.7. The van der Waals surface area contributed by atoms with Gasteiger partial charge in [0.05, 0.1) is 17.0 Å². The highest BCUT2D eigenvalue weighted by molar-refractivity contribution is 6.04. The Balaban J connectivity index is 0.00000207. The normalized spacial score (nSPS) is 15.2. The van der Waals surface area contributed by atoms with E-state index in [2.05, 4.69) is 20.3 Å². The standard InChI is InChI=1S/C27H27F3N8O3.C2H6/c1-26(2,3)41-25(40)37-11-9-18(13-37)38-23-20(22(31)33-14-34-23)21(36-38)15-4-6-16(7-5-15)24(39)35-19-12-17(8-10-32-19)27(28,29)30;1-2/h4-8,10,12,14,18H,9,11,13H2,1-3H3,(H2,31,33,34)(H,32,35,39);1-2H3. The molecule has 1 fully saturated rings. The van der Waals surface area contributed by atoms with E-state index in [0.29, 0.717) is 41.8 Å². The van der Waals surface area contributed by atoms with Gasteiger partial charge in [0.25, 0.3) is 5.91 Å². The van der Waals surface area contributed by atoms with Gasteiger partial charge >= 0.3 is 12.3 Å². The molecule has 1 saturated heterocycles. The molecule has 0 saturated carbocycles. The summed E-state index contributed by atoms with van der Waals surface area (Å²) in [6.45, 7) is 10.3. The number of hydrogen-bond acceptors (Lipinski definition) is 8. The highest BCUT2D eigenvalue weighted by Gasteiger charge is 2.33. The molecule has 0 bridgehead atoms. The number of carbonyl (C=O) groups excluding carboxylic acids is 2. The van der Waals surface area contributed by atoms with Crippen molar-refractivity contribution in [2.75, 3.05) is 24.1 Å². The zero-order valence-electron chi connectivity index (χ0n) is 24.4. The topological polar surface area (TPSA) is 141 Å². The van der Waals surface area contributed by atoms with Crippen molar-refractivity contribution in [3.63, 3.8) is 0 Å². The van der Waals surface area contributed by atoms with Crippen molar-refractivity contribution in [1.82, 2.24) is 29.6 Å². The molecule has 11 nitrogen and oxygen atoms in total. The Bertz CT molecular complexity index is 1610. The van der Waals surface area contributed by atoms with Gasteiger partial charge in [-0.1, -0.05) is 26.0 Å². The van der Waals surface area contributed by atoms with Crippen LogP contribution in [0.3, 0.4) is 0 Å². The summed E-state index contributed by atoms with van der Waals surface area (Å²) in [7, 11) is 0. The van der Waals surface area contributed by atoms with Crippen LogP contribution in [-0.2, 0) is 10.9 Å². The zero-order valence-corrected chi connectivity index (χ0v) is 24.4. The number of anilines is 2. The maximum absolute atomic E-state index is 13.0. The van der Waals surface area contributed by atoms with Crippen molar-refractivity contribution >= 4 is 34.7 Å². The van der Waals surface area contributed by atoms with Gasteiger partial charge in [-0.3, -0.25) is 4.79 Å². The Labute approximate surface area is 246 Å². The lowest BCUT2D eigenvalue weighted by molar-refractivity contribution is -0.137. The number of halogens is 3. The van der Waals surface area contributed by atoms with E-state index >= 15 is 0 Å². The number of carbonyl (C=O) groups is 2. The van der Waals surface area contributed by atoms with Gasteiger partial charge in [0.2, 0.25) is 0 Å². The molecule has 2 amide bonds. The van der Waals surface area contributed by atoms with E-state index in [9.17, 15) is 22.8 Å². The molecule has 4 aromatic rings. The molecule has 1 aromatic carbocycles. The minimum atomic E-state index is -4.56. The van der Waals surface area contributed by atoms with Gasteiger partial charge in [0, 0.05) is 30.4 Å². The lowest BCUT2D eigenvalue weighted by atomic mass is 10.1. The smallest absolute Gasteiger partial charge is 0.416 e. The van der Waals surface area contributed by atoms with E-state index < -0.39 is 29.3 Å². The minimum absolute atomic E-state index is 0.182. The third kappa shape index (κ3) is 7.01. The van der Waals surface area contributed by atoms with E-state index in [4.69, 9.17) is 15.6 Å². The minimum Gasteiger partial charge on any atom is -0.444 e. The van der Waals surface area contributed by atoms with Crippen molar-refractivity contribution in [2.24, 2.45) is 0 Å². The Hall–Kier alpha value is -4.75. The number of pyridine rings is 1. The second-order valence-corrected chi connectivity index (χ2v) is 10.6. The summed E-state index contributed by atoms with van der Waals surface area (Å²) < 4.78 is 46.2. The largest absolute Gasteiger partial charge is 0.444 e. The molecule has 0 aliphatic carbocycles. The molecule has 1 atom stereocenters. The number of fused-ring (bicyclic) bond motifs is 1. The van der Waals surface area contributed by atoms with E-state index in [1.807, 2.05) is 34.6 Å². The molecule has 3 N–H and O–H groups in total. The van der Waals surface area contributed by atoms with Crippen LogP contribution in [0.5, 0.6) is 0 Å². The quantitative estimate of drug-likeness (QED) is 0.294. The molecule has 1 aliphatic rings. The zero-order chi connectivity index (χ0) is 31.5. The molecule has 1 unspecified atom stereocenters. The summed E-state index contributed by atoms with van der Waals surface area (Å²) in [6, 6.07) is 7.73. The molecule has 14 heteroatoms. The Morgan fingerprint density at radius 1 is 1.05 bits per heavy atom. The molecule has 0 radical (unpaired) electrons. The number of nitrogens with one attached hydrogen (secondary N) is 1. The number of hydrogen-bond donors (Lipinski definition) is 2. The van der Waals surface area contributed by atoms with Crippen molar-refractivity contribution in [2.45, 2.75) is 58.9 Å². The third-order valence-corrected chi connectivity index (χ3v) is 6.43. The van der Waals surface area contributed by atoms with Crippen LogP contribution in [0.15, 0.2) is 48.9 Å². The van der Waals surface area contributed by atoms with Crippen molar-refractivity contribution in [3.8, 4) is 11.3 Å². The fourth-order valence-electron chi connectivity index (χ4n) is 4.53. The molecule has 5 rings (SSSR count). The van der Waals surface area contributed by atoms with E-state index in [-0.39, 0.29) is 23.2 Å². The molecule has 1 aliphatic heterocycles. The lowest BCUT2D eigenvalue weighted by Crippen LogP contribution is -2.35. The fraction of sp³-hybridized carbons (Fsp3) is 0.379. The van der Waals surface area contributed by atoms with Gasteiger partial charge in [-0.15, -0.1) is 0 Å². The maximum atomic E-state index is 13.0. The second kappa shape index (κ2) is 12.2. The van der Waals surface area contributed by atoms with Crippen LogP contribution in [0.1, 0.15) is 63.0 Å². The Morgan fingerprint density at radius 3 is 2.40 bits per heavy atom. The first kappa shape index (κ1) is 31.2. The van der Waals surface area contributed by atoms with Crippen molar-refractivity contribution < 1.29 is 27.5 Å². The molecular formula is C29H33F3N8O3. The number of benzene rings is 1. The highest BCUT2D eigenvalue weighted by Crippen LogP contribution is 2.34. The van der Waals surface area contributed by atoms with Gasteiger partial charge in [0.15, 0.2) is 5.65 Å². The number of nitrogens with zero attached hydrogens (tertiary/aromatic N) is 6. The summed E-state index contributed by atoms with van der Waals surface area (Å²) in [4.78, 5) is 39.2. The van der Waals surface area contributed by atoms with E-state index in [1.165, 1.54) is 18.5 Å². The number of amides is 2. The number of rotatable bonds is 4. The van der Waals surface area contributed by atoms with Gasteiger partial charge in [-0.2, -0.15) is 18.3 Å². The number of alkyl halides is 3. The van der Waals surface area contributed by atoms with E-state index in [1.54, 1.807) is 21.7 Å². The summed E-state index contributed by atoms with van der Waals surface area (Å²) in [6.07, 6.45) is -2.02. The number of likely N-dealkylation sites (tertiary alicyclic amines) is 1. The van der Waals surface area contributed by atoms with Crippen LogP contribution in [0.4, 0.5) is 29.6 Å². The van der Waals surface area contributed by atoms with Crippen LogP contribution in [0, 0.1) is 0 Å². The Morgan fingerprint density at radius 2 is 1.74 bits per heavy atom. The number of nitrogens with two attached hydrogens (primary N) is 1. The first-order chi connectivity index (χ1) is 20.3. The predicted octanol–water partition coefficient (Wildman–Crippen LogP) is 5.95. The summed E-state index contributed by atoms with van der Waals surface area (Å²) in [5.41, 5.74) is 6.49. The Kier molecular flexibility index (Phi) is 8.88. The first-order valence-corrected chi connectivity index (χ1v) is 13.7.